The summed E-state index contributed by atoms with van der Waals surface area (Å²) in [5, 5.41) is 0. The van der Waals surface area contributed by atoms with Crippen molar-refractivity contribution in [2.75, 3.05) is 6.61 Å². The van der Waals surface area contributed by atoms with Crippen molar-refractivity contribution in [2.24, 2.45) is 0 Å². The van der Waals surface area contributed by atoms with Gasteiger partial charge in [-0.3, -0.25) is 0 Å². The average Bonchev–Trinajstić information content (AvgIpc) is 3.70. The van der Waals surface area contributed by atoms with Gasteiger partial charge >= 0.3 is 0 Å². The molecule has 5 aromatic rings. The molecule has 44 heavy (non-hydrogen) atoms. The summed E-state index contributed by atoms with van der Waals surface area (Å²) >= 11 is 0. The van der Waals surface area contributed by atoms with Crippen LogP contribution in [0.3, 0.4) is 0 Å². The lowest BCUT2D eigenvalue weighted by atomic mass is 10.0. The summed E-state index contributed by atoms with van der Waals surface area (Å²) in [5.74, 6) is 0. The van der Waals surface area contributed by atoms with Crippen LogP contribution in [0.15, 0.2) is 145 Å². The fourth-order valence-electron chi connectivity index (χ4n) is 5.41. The number of benzene rings is 4. The Hall–Kier alpha value is -4.05. The van der Waals surface area contributed by atoms with Crippen molar-refractivity contribution < 1.29 is 27.4 Å². The van der Waals surface area contributed by atoms with Crippen molar-refractivity contribution >= 4 is 10.0 Å². The Morgan fingerprint density at radius 1 is 0.591 bits per heavy atom. The minimum Gasteiger partial charge on any atom is -0.374 e. The van der Waals surface area contributed by atoms with Gasteiger partial charge < -0.3 is 18.9 Å². The highest BCUT2D eigenvalue weighted by molar-refractivity contribution is 7.90. The van der Waals surface area contributed by atoms with Crippen molar-refractivity contribution in [3.63, 3.8) is 0 Å². The van der Waals surface area contributed by atoms with Crippen LogP contribution in [0.4, 0.5) is 0 Å². The molecule has 1 aromatic heterocycles. The highest BCUT2D eigenvalue weighted by Gasteiger charge is 2.48. The summed E-state index contributed by atoms with van der Waals surface area (Å²) in [6, 6.07) is 41.6. The molecule has 4 atom stereocenters. The number of aromatic nitrogens is 1. The van der Waals surface area contributed by atoms with Crippen molar-refractivity contribution in [3.8, 4) is 0 Å². The Labute approximate surface area is 258 Å². The summed E-state index contributed by atoms with van der Waals surface area (Å²) in [4.78, 5) is 0.192. The van der Waals surface area contributed by atoms with Crippen LogP contribution in [0, 0.1) is 0 Å². The van der Waals surface area contributed by atoms with E-state index in [4.69, 9.17) is 18.9 Å². The molecule has 0 saturated carbocycles. The minimum atomic E-state index is -3.89. The summed E-state index contributed by atoms with van der Waals surface area (Å²) in [5.41, 5.74) is 3.51. The lowest BCUT2D eigenvalue weighted by Gasteiger charge is -2.26. The molecule has 226 valence electrons. The SMILES string of the molecule is O=S(=O)(c1ccccc1)n1cccc1[C@@H]1O[C@H](COCc2ccccc2)[C@@H](OCc2ccccc2)[C@H]1OCc1ccccc1. The molecule has 4 aromatic carbocycles. The van der Waals surface area contributed by atoms with Crippen LogP contribution >= 0.6 is 0 Å². The van der Waals surface area contributed by atoms with E-state index < -0.39 is 34.4 Å². The van der Waals surface area contributed by atoms with Crippen molar-refractivity contribution in [1.82, 2.24) is 3.97 Å². The van der Waals surface area contributed by atoms with Gasteiger partial charge in [-0.1, -0.05) is 109 Å². The van der Waals surface area contributed by atoms with E-state index in [0.29, 0.717) is 25.5 Å². The lowest BCUT2D eigenvalue weighted by molar-refractivity contribution is -0.0898. The molecule has 7 nitrogen and oxygen atoms in total. The Morgan fingerprint density at radius 3 is 1.66 bits per heavy atom. The number of nitrogens with zero attached hydrogens (tertiary/aromatic N) is 1. The van der Waals surface area contributed by atoms with Crippen LogP contribution in [0.5, 0.6) is 0 Å². The van der Waals surface area contributed by atoms with Gasteiger partial charge in [0, 0.05) is 6.20 Å². The molecule has 0 N–H and O–H groups in total. The highest BCUT2D eigenvalue weighted by Crippen LogP contribution is 2.39. The van der Waals surface area contributed by atoms with Crippen LogP contribution in [0.1, 0.15) is 28.5 Å². The van der Waals surface area contributed by atoms with E-state index in [1.165, 1.54) is 3.97 Å². The first-order valence-corrected chi connectivity index (χ1v) is 16.1. The van der Waals surface area contributed by atoms with Gasteiger partial charge in [0.1, 0.15) is 24.4 Å². The molecule has 0 bridgehead atoms. The molecule has 2 heterocycles. The predicted molar refractivity (Wildman–Crippen MR) is 167 cm³/mol. The summed E-state index contributed by atoms with van der Waals surface area (Å²) in [6.45, 7) is 1.29. The zero-order valence-corrected chi connectivity index (χ0v) is 25.0. The van der Waals surface area contributed by atoms with Crippen molar-refractivity contribution in [1.29, 1.82) is 0 Å². The van der Waals surface area contributed by atoms with Crippen molar-refractivity contribution in [2.45, 2.75) is 49.1 Å². The van der Waals surface area contributed by atoms with Gasteiger partial charge in [-0.2, -0.15) is 0 Å². The Kier molecular flexibility index (Phi) is 9.65. The van der Waals surface area contributed by atoms with Gasteiger partial charge in [0.25, 0.3) is 10.0 Å². The molecule has 1 fully saturated rings. The van der Waals surface area contributed by atoms with Gasteiger partial charge in [0.05, 0.1) is 37.0 Å². The molecule has 0 aliphatic carbocycles. The quantitative estimate of drug-likeness (QED) is 0.151. The van der Waals surface area contributed by atoms with E-state index in [1.807, 2.05) is 91.0 Å². The third-order valence-electron chi connectivity index (χ3n) is 7.61. The Balaban J connectivity index is 1.32. The molecule has 6 rings (SSSR count). The zero-order valence-electron chi connectivity index (χ0n) is 24.2. The fraction of sp³-hybridized carbons (Fsp3) is 0.222. The monoisotopic (exact) mass is 609 g/mol. The first kappa shape index (κ1) is 30.0. The number of ether oxygens (including phenoxy) is 4. The predicted octanol–water partition coefficient (Wildman–Crippen LogP) is 6.55. The third kappa shape index (κ3) is 7.01. The van der Waals surface area contributed by atoms with E-state index in [0.717, 1.165) is 16.7 Å². The van der Waals surface area contributed by atoms with Gasteiger partial charge in [-0.25, -0.2) is 12.4 Å². The maximum atomic E-state index is 13.8. The molecule has 1 aliphatic rings. The lowest BCUT2D eigenvalue weighted by Crippen LogP contribution is -2.38. The van der Waals surface area contributed by atoms with Crippen LogP contribution in [-0.4, -0.2) is 37.3 Å². The average molecular weight is 610 g/mol. The maximum Gasteiger partial charge on any atom is 0.267 e. The van der Waals surface area contributed by atoms with Gasteiger partial charge in [-0.05, 0) is 41.0 Å². The molecule has 0 amide bonds. The van der Waals surface area contributed by atoms with E-state index in [2.05, 4.69) is 0 Å². The van der Waals surface area contributed by atoms with E-state index in [1.54, 1.807) is 48.7 Å². The summed E-state index contributed by atoms with van der Waals surface area (Å²) in [6.07, 6.45) is -0.866. The second-order valence-corrected chi connectivity index (χ2v) is 12.5. The maximum absolute atomic E-state index is 13.8. The largest absolute Gasteiger partial charge is 0.374 e. The Morgan fingerprint density at radius 2 is 1.09 bits per heavy atom. The molecule has 8 heteroatoms. The first-order valence-electron chi connectivity index (χ1n) is 14.7. The summed E-state index contributed by atoms with van der Waals surface area (Å²) in [7, 11) is -3.89. The standard InChI is InChI=1S/C36H35NO6S/c38-44(39,31-20-11-4-12-21-31)37-23-13-22-32(37)34-36(42-26-30-18-9-3-10-19-30)35(41-25-29-16-7-2-8-17-29)33(43-34)27-40-24-28-14-5-1-6-15-28/h1-23,33-36H,24-27H2/t33-,34+,35-,36+/m1/s1. The smallest absolute Gasteiger partial charge is 0.267 e. The van der Waals surface area contributed by atoms with Gasteiger partial charge in [0.2, 0.25) is 0 Å². The van der Waals surface area contributed by atoms with Crippen molar-refractivity contribution in [3.05, 3.63) is 162 Å². The molecule has 1 aliphatic heterocycles. The summed E-state index contributed by atoms with van der Waals surface area (Å²) < 4.78 is 54.8. The minimum absolute atomic E-state index is 0.192. The fourth-order valence-corrected chi connectivity index (χ4v) is 6.81. The Bertz CT molecular complexity index is 1700. The highest BCUT2D eigenvalue weighted by atomic mass is 32.2. The molecular formula is C36H35NO6S. The first-order chi connectivity index (χ1) is 21.6. The van der Waals surface area contributed by atoms with Crippen LogP contribution in [0.25, 0.3) is 0 Å². The molecule has 0 spiro atoms. The van der Waals surface area contributed by atoms with E-state index in [-0.39, 0.29) is 11.5 Å². The van der Waals surface area contributed by atoms with Gasteiger partial charge in [0.15, 0.2) is 0 Å². The van der Waals surface area contributed by atoms with Crippen LogP contribution < -0.4 is 0 Å². The normalized spacial score (nSPS) is 20.1. The number of hydrogen-bond donors (Lipinski definition) is 0. The van der Waals surface area contributed by atoms with Crippen LogP contribution in [0.2, 0.25) is 0 Å². The molecular weight excluding hydrogens is 574 g/mol. The number of hydrogen-bond acceptors (Lipinski definition) is 6. The van der Waals surface area contributed by atoms with E-state index in [9.17, 15) is 8.42 Å². The molecule has 0 unspecified atom stereocenters. The molecule has 1 saturated heterocycles. The van der Waals surface area contributed by atoms with Gasteiger partial charge in [-0.15, -0.1) is 0 Å². The topological polar surface area (TPSA) is 76.0 Å². The molecule has 0 radical (unpaired) electrons. The third-order valence-corrected chi connectivity index (χ3v) is 9.33. The van der Waals surface area contributed by atoms with Crippen LogP contribution in [-0.2, 0) is 48.8 Å². The zero-order chi connectivity index (χ0) is 30.2. The second kappa shape index (κ2) is 14.2. The number of rotatable bonds is 13. The van der Waals surface area contributed by atoms with E-state index >= 15 is 0 Å². The second-order valence-electron chi connectivity index (χ2n) is 10.7.